The van der Waals surface area contributed by atoms with Crippen LogP contribution in [0.1, 0.15) is 351 Å². The molecule has 90 heavy (non-hydrogen) atoms. The van der Waals surface area contributed by atoms with Crippen molar-refractivity contribution >= 4 is 39.5 Å². The van der Waals surface area contributed by atoms with Crippen LogP contribution < -0.4 is 0 Å². The molecule has 0 saturated heterocycles. The first-order valence-corrected chi connectivity index (χ1v) is 39.7. The van der Waals surface area contributed by atoms with E-state index in [4.69, 9.17) is 37.0 Å². The van der Waals surface area contributed by atoms with Crippen molar-refractivity contribution in [3.8, 4) is 0 Å². The van der Waals surface area contributed by atoms with Crippen LogP contribution in [0.4, 0.5) is 0 Å². The van der Waals surface area contributed by atoms with Crippen molar-refractivity contribution in [2.24, 2.45) is 23.7 Å². The highest BCUT2D eigenvalue weighted by molar-refractivity contribution is 7.47. The van der Waals surface area contributed by atoms with E-state index in [2.05, 4.69) is 55.4 Å². The molecule has 534 valence electrons. The topological polar surface area (TPSA) is 237 Å². The van der Waals surface area contributed by atoms with Gasteiger partial charge in [-0.05, 0) is 49.4 Å². The minimum absolute atomic E-state index is 0.103. The third kappa shape index (κ3) is 63.5. The predicted molar refractivity (Wildman–Crippen MR) is 363 cm³/mol. The lowest BCUT2D eigenvalue weighted by Gasteiger charge is -2.21. The molecule has 0 aliphatic heterocycles. The molecule has 0 aromatic heterocycles. The van der Waals surface area contributed by atoms with E-state index >= 15 is 0 Å². The minimum Gasteiger partial charge on any atom is -0.462 e. The predicted octanol–water partition coefficient (Wildman–Crippen LogP) is 20.1. The molecule has 0 spiro atoms. The Balaban J connectivity index is 5.19. The second kappa shape index (κ2) is 60.7. The molecule has 0 aromatic rings. The Kier molecular flexibility index (Phi) is 59.4. The molecule has 0 fully saturated rings. The van der Waals surface area contributed by atoms with Crippen LogP contribution in [-0.4, -0.2) is 96.7 Å². The Morgan fingerprint density at radius 3 is 0.789 bits per heavy atom. The summed E-state index contributed by atoms with van der Waals surface area (Å²) in [6, 6.07) is 0. The quantitative estimate of drug-likeness (QED) is 0.0222. The lowest BCUT2D eigenvalue weighted by atomic mass is 9.99. The van der Waals surface area contributed by atoms with Gasteiger partial charge in [-0.1, -0.05) is 299 Å². The molecule has 0 aliphatic rings. The van der Waals surface area contributed by atoms with Gasteiger partial charge >= 0.3 is 39.5 Å². The van der Waals surface area contributed by atoms with Crippen LogP contribution in [0.15, 0.2) is 0 Å². The van der Waals surface area contributed by atoms with E-state index in [0.717, 1.165) is 108 Å². The summed E-state index contributed by atoms with van der Waals surface area (Å²) in [5.41, 5.74) is 0. The van der Waals surface area contributed by atoms with Crippen LogP contribution in [0, 0.1) is 23.7 Å². The molecule has 19 heteroatoms. The number of ether oxygens (including phenoxy) is 4. The standard InChI is InChI=1S/C71H138O17P2/c1-9-64(8)50-42-34-25-19-14-12-10-11-13-15-20-26-35-43-51-68(73)81-57-66(88-71(76)54-46-38-28-22-24-32-40-48-62(4)5)59-85-89(77,78)83-55-65(72)56-84-90(79,80)86-60-67(58-82-69(74)52-44-36-30-29-33-41-49-63(6)7)87-70(75)53-45-37-27-21-17-16-18-23-31-39-47-61(2)3/h61-67,72H,9-60H2,1-8H3,(H,77,78)(H,79,80)/t64?,65-,66-,67-/m1/s1. The fraction of sp³-hybridized carbons (Fsp3) is 0.944. The number of aliphatic hydroxyl groups is 1. The summed E-state index contributed by atoms with van der Waals surface area (Å²) >= 11 is 0. The molecule has 17 nitrogen and oxygen atoms in total. The summed E-state index contributed by atoms with van der Waals surface area (Å²) in [6.45, 7) is 14.1. The monoisotopic (exact) mass is 1320 g/mol. The average Bonchev–Trinajstić information content (AvgIpc) is 3.71. The maximum absolute atomic E-state index is 13.0. The maximum atomic E-state index is 13.0. The zero-order valence-corrected chi connectivity index (χ0v) is 60.6. The van der Waals surface area contributed by atoms with Gasteiger partial charge in [0.2, 0.25) is 0 Å². The van der Waals surface area contributed by atoms with E-state index < -0.39 is 97.5 Å². The van der Waals surface area contributed by atoms with Gasteiger partial charge in [-0.2, -0.15) is 0 Å². The minimum atomic E-state index is -4.95. The van der Waals surface area contributed by atoms with E-state index in [0.29, 0.717) is 37.5 Å². The normalized spacial score (nSPS) is 14.6. The Hall–Kier alpha value is -1.94. The molecule has 6 atom stereocenters. The van der Waals surface area contributed by atoms with Crippen molar-refractivity contribution in [1.29, 1.82) is 0 Å². The maximum Gasteiger partial charge on any atom is 0.472 e. The molecule has 0 heterocycles. The van der Waals surface area contributed by atoms with Gasteiger partial charge in [-0.15, -0.1) is 0 Å². The number of hydrogen-bond donors (Lipinski definition) is 3. The summed E-state index contributed by atoms with van der Waals surface area (Å²) in [4.78, 5) is 72.5. The third-order valence-electron chi connectivity index (χ3n) is 16.7. The zero-order chi connectivity index (χ0) is 66.8. The molecule has 0 aliphatic carbocycles. The second-order valence-electron chi connectivity index (χ2n) is 27.3. The van der Waals surface area contributed by atoms with Crippen molar-refractivity contribution in [2.45, 2.75) is 369 Å². The van der Waals surface area contributed by atoms with E-state index in [1.165, 1.54) is 148 Å². The summed E-state index contributed by atoms with van der Waals surface area (Å²) < 4.78 is 68.2. The fourth-order valence-electron chi connectivity index (χ4n) is 10.6. The molecular weight excluding hydrogens is 1190 g/mol. The number of phosphoric ester groups is 2. The summed E-state index contributed by atoms with van der Waals surface area (Å²) in [5.74, 6) is 0.845. The first kappa shape index (κ1) is 88.1. The Morgan fingerprint density at radius 2 is 0.533 bits per heavy atom. The smallest absolute Gasteiger partial charge is 0.462 e. The van der Waals surface area contributed by atoms with E-state index in [9.17, 15) is 43.2 Å². The largest absolute Gasteiger partial charge is 0.472 e. The Labute approximate surface area is 549 Å². The first-order chi connectivity index (χ1) is 43.1. The lowest BCUT2D eigenvalue weighted by Crippen LogP contribution is -2.30. The second-order valence-corrected chi connectivity index (χ2v) is 30.2. The average molecular weight is 1330 g/mol. The van der Waals surface area contributed by atoms with Gasteiger partial charge in [0.1, 0.15) is 19.3 Å². The zero-order valence-electron chi connectivity index (χ0n) is 58.8. The van der Waals surface area contributed by atoms with Gasteiger partial charge in [-0.3, -0.25) is 37.3 Å². The van der Waals surface area contributed by atoms with Gasteiger partial charge < -0.3 is 33.8 Å². The summed E-state index contributed by atoms with van der Waals surface area (Å²) in [6.07, 6.45) is 43.3. The van der Waals surface area contributed by atoms with Crippen molar-refractivity contribution < 1.29 is 80.2 Å². The Bertz CT molecular complexity index is 1780. The number of esters is 4. The molecule has 0 radical (unpaired) electrons. The number of carbonyl (C=O) groups is 4. The molecular formula is C71H138O17P2. The molecule has 3 N–H and O–H groups in total. The van der Waals surface area contributed by atoms with Gasteiger partial charge in [0.25, 0.3) is 0 Å². The molecule has 3 unspecified atom stereocenters. The molecule has 0 bridgehead atoms. The number of carbonyl (C=O) groups excluding carboxylic acids is 4. The fourth-order valence-corrected chi connectivity index (χ4v) is 12.2. The van der Waals surface area contributed by atoms with Gasteiger partial charge in [0.15, 0.2) is 12.2 Å². The van der Waals surface area contributed by atoms with Crippen LogP contribution in [0.2, 0.25) is 0 Å². The van der Waals surface area contributed by atoms with Crippen LogP contribution >= 0.6 is 15.6 Å². The number of hydrogen-bond acceptors (Lipinski definition) is 15. The number of rotatable bonds is 68. The molecule has 0 amide bonds. The van der Waals surface area contributed by atoms with E-state index in [1.54, 1.807) is 0 Å². The van der Waals surface area contributed by atoms with E-state index in [-0.39, 0.29) is 25.7 Å². The third-order valence-corrected chi connectivity index (χ3v) is 18.6. The highest BCUT2D eigenvalue weighted by atomic mass is 31.2. The summed E-state index contributed by atoms with van der Waals surface area (Å²) in [5, 5.41) is 10.6. The number of aliphatic hydroxyl groups excluding tert-OH is 1. The lowest BCUT2D eigenvalue weighted by molar-refractivity contribution is -0.161. The van der Waals surface area contributed by atoms with Crippen LogP contribution in [0.3, 0.4) is 0 Å². The van der Waals surface area contributed by atoms with Crippen molar-refractivity contribution in [3.63, 3.8) is 0 Å². The molecule has 0 saturated carbocycles. The van der Waals surface area contributed by atoms with Gasteiger partial charge in [-0.25, -0.2) is 9.13 Å². The highest BCUT2D eigenvalue weighted by Gasteiger charge is 2.30. The summed E-state index contributed by atoms with van der Waals surface area (Å²) in [7, 11) is -9.90. The SMILES string of the molecule is CCC(C)CCCCCCCCCCCCCCCCC(=O)OC[C@H](COP(=O)(O)OC[C@@H](O)COP(=O)(O)OC[C@@H](COC(=O)CCCCCCCCC(C)C)OC(=O)CCCCCCCCCCCCC(C)C)OC(=O)CCCCCCCCCC(C)C. The van der Waals surface area contributed by atoms with Gasteiger partial charge in [0, 0.05) is 25.7 Å². The molecule has 0 rings (SSSR count). The first-order valence-electron chi connectivity index (χ1n) is 36.7. The van der Waals surface area contributed by atoms with Gasteiger partial charge in [0.05, 0.1) is 26.4 Å². The van der Waals surface area contributed by atoms with Crippen molar-refractivity contribution in [1.82, 2.24) is 0 Å². The van der Waals surface area contributed by atoms with Crippen LogP contribution in [0.25, 0.3) is 0 Å². The Morgan fingerprint density at radius 1 is 0.311 bits per heavy atom. The van der Waals surface area contributed by atoms with Crippen molar-refractivity contribution in [2.75, 3.05) is 39.6 Å². The number of phosphoric acid groups is 2. The number of unbranched alkanes of at least 4 members (excludes halogenated alkanes) is 33. The van der Waals surface area contributed by atoms with Crippen molar-refractivity contribution in [3.05, 3.63) is 0 Å². The molecule has 0 aromatic carbocycles. The van der Waals surface area contributed by atoms with Crippen LogP contribution in [0.5, 0.6) is 0 Å². The van der Waals surface area contributed by atoms with Crippen LogP contribution in [-0.2, 0) is 65.4 Å². The van der Waals surface area contributed by atoms with E-state index in [1.807, 2.05) is 0 Å². The highest BCUT2D eigenvalue weighted by Crippen LogP contribution is 2.45.